The number of aromatic amines is 1. The normalized spacial score (nSPS) is 23.9. The molecular weight excluding hydrogens is 362 g/mol. The van der Waals surface area contributed by atoms with Crippen LogP contribution in [-0.2, 0) is 14.3 Å². The number of nitrogens with zero attached hydrogens (tertiary/aromatic N) is 3. The molecule has 150 valence electrons. The van der Waals surface area contributed by atoms with Crippen LogP contribution < -0.4 is 10.9 Å². The highest BCUT2D eigenvalue weighted by Gasteiger charge is 2.40. The van der Waals surface area contributed by atoms with Gasteiger partial charge in [-0.2, -0.15) is 5.10 Å². The lowest BCUT2D eigenvalue weighted by Crippen LogP contribution is -2.46. The number of rotatable bonds is 5. The van der Waals surface area contributed by atoms with Crippen molar-refractivity contribution in [2.75, 3.05) is 13.2 Å². The van der Waals surface area contributed by atoms with E-state index in [9.17, 15) is 14.4 Å². The molecule has 1 aliphatic heterocycles. The maximum absolute atomic E-state index is 12.6. The Kier molecular flexibility index (Phi) is 5.01. The lowest BCUT2D eigenvalue weighted by atomic mass is 9.72. The van der Waals surface area contributed by atoms with Crippen LogP contribution in [0.4, 0.5) is 0 Å². The number of H-pyrrole nitrogens is 1. The van der Waals surface area contributed by atoms with Crippen molar-refractivity contribution in [3.63, 3.8) is 0 Å². The molecule has 2 aliphatic rings. The zero-order chi connectivity index (χ0) is 19.8. The van der Waals surface area contributed by atoms with Gasteiger partial charge in [0.15, 0.2) is 11.4 Å². The molecule has 2 aromatic heterocycles. The van der Waals surface area contributed by atoms with Gasteiger partial charge in [0.25, 0.3) is 5.56 Å². The van der Waals surface area contributed by atoms with E-state index in [1.807, 2.05) is 4.68 Å². The summed E-state index contributed by atoms with van der Waals surface area (Å²) in [6.07, 6.45) is 4.70. The standard InChI is InChI=1S/C19H25N5O4/c1-10(11(2)25)21-18(26)14-4-3-13(14)16-22-17-15(19(27)23-16)9-20-24(17)12-5-7-28-8-6-12/h9-10,12-14H,3-8H2,1-2H3,(H,21,26)(H,22,23,27)/t10?,13-,14-/m1/s1. The summed E-state index contributed by atoms with van der Waals surface area (Å²) in [5.74, 6) is -0.179. The predicted octanol–water partition coefficient (Wildman–Crippen LogP) is 1.06. The molecule has 2 aromatic rings. The minimum atomic E-state index is -0.516. The molecule has 0 aromatic carbocycles. The van der Waals surface area contributed by atoms with Crippen LogP contribution in [0.2, 0.25) is 0 Å². The molecule has 0 radical (unpaired) electrons. The van der Waals surface area contributed by atoms with Crippen molar-refractivity contribution in [1.29, 1.82) is 0 Å². The first-order chi connectivity index (χ1) is 13.5. The van der Waals surface area contributed by atoms with Gasteiger partial charge in [0.2, 0.25) is 5.91 Å². The summed E-state index contributed by atoms with van der Waals surface area (Å²) < 4.78 is 7.23. The number of ketones is 1. The average molecular weight is 387 g/mol. The van der Waals surface area contributed by atoms with Crippen molar-refractivity contribution < 1.29 is 14.3 Å². The molecule has 2 fully saturated rings. The van der Waals surface area contributed by atoms with Crippen molar-refractivity contribution in [3.8, 4) is 0 Å². The molecule has 9 nitrogen and oxygen atoms in total. The van der Waals surface area contributed by atoms with Crippen molar-refractivity contribution >= 4 is 22.7 Å². The third kappa shape index (κ3) is 3.34. The third-order valence-corrected chi connectivity index (χ3v) is 5.95. The molecule has 3 atom stereocenters. The van der Waals surface area contributed by atoms with E-state index in [2.05, 4.69) is 15.4 Å². The molecule has 0 bridgehead atoms. The lowest BCUT2D eigenvalue weighted by Gasteiger charge is -2.35. The number of fused-ring (bicyclic) bond motifs is 1. The molecule has 1 amide bonds. The summed E-state index contributed by atoms with van der Waals surface area (Å²) in [6.45, 7) is 4.46. The number of nitrogens with one attached hydrogen (secondary N) is 2. The van der Waals surface area contributed by atoms with E-state index in [-0.39, 0.29) is 35.1 Å². The van der Waals surface area contributed by atoms with Gasteiger partial charge in [-0.15, -0.1) is 0 Å². The average Bonchev–Trinajstić information content (AvgIpc) is 3.06. The van der Waals surface area contributed by atoms with Crippen LogP contribution in [0.3, 0.4) is 0 Å². The first-order valence-electron chi connectivity index (χ1n) is 9.81. The molecular formula is C19H25N5O4. The Balaban J connectivity index is 1.61. The number of carbonyl (C=O) groups excluding carboxylic acids is 2. The van der Waals surface area contributed by atoms with Crippen molar-refractivity contribution in [2.24, 2.45) is 5.92 Å². The van der Waals surface area contributed by atoms with Crippen molar-refractivity contribution in [3.05, 3.63) is 22.4 Å². The largest absolute Gasteiger partial charge is 0.381 e. The lowest BCUT2D eigenvalue weighted by molar-refractivity contribution is -0.132. The van der Waals surface area contributed by atoms with Crippen molar-refractivity contribution in [2.45, 2.75) is 57.5 Å². The third-order valence-electron chi connectivity index (χ3n) is 5.95. The second kappa shape index (κ2) is 7.46. The summed E-state index contributed by atoms with van der Waals surface area (Å²) in [5, 5.41) is 7.61. The molecule has 9 heteroatoms. The zero-order valence-electron chi connectivity index (χ0n) is 16.1. The second-order valence-corrected chi connectivity index (χ2v) is 7.75. The van der Waals surface area contributed by atoms with Gasteiger partial charge in [-0.05, 0) is 39.5 Å². The van der Waals surface area contributed by atoms with E-state index in [1.54, 1.807) is 13.1 Å². The first kappa shape index (κ1) is 18.8. The molecule has 1 unspecified atom stereocenters. The van der Waals surface area contributed by atoms with Crippen LogP contribution >= 0.6 is 0 Å². The Hall–Kier alpha value is -2.55. The van der Waals surface area contributed by atoms with Crippen LogP contribution in [0.15, 0.2) is 11.0 Å². The number of amides is 1. The van der Waals surface area contributed by atoms with Gasteiger partial charge in [0.05, 0.1) is 18.3 Å². The van der Waals surface area contributed by atoms with Gasteiger partial charge in [-0.25, -0.2) is 9.67 Å². The first-order valence-corrected chi connectivity index (χ1v) is 9.81. The highest BCUT2D eigenvalue weighted by molar-refractivity contribution is 5.88. The predicted molar refractivity (Wildman–Crippen MR) is 101 cm³/mol. The summed E-state index contributed by atoms with van der Waals surface area (Å²) >= 11 is 0. The highest BCUT2D eigenvalue weighted by atomic mass is 16.5. The van der Waals surface area contributed by atoms with E-state index >= 15 is 0 Å². The molecule has 28 heavy (non-hydrogen) atoms. The second-order valence-electron chi connectivity index (χ2n) is 7.75. The van der Waals surface area contributed by atoms with Gasteiger partial charge in [-0.1, -0.05) is 0 Å². The van der Waals surface area contributed by atoms with Gasteiger partial charge in [0.1, 0.15) is 11.2 Å². The number of carbonyl (C=O) groups is 2. The molecule has 1 aliphatic carbocycles. The molecule has 4 rings (SSSR count). The Bertz CT molecular complexity index is 959. The van der Waals surface area contributed by atoms with Crippen LogP contribution in [0.1, 0.15) is 57.3 Å². The fraction of sp³-hybridized carbons (Fsp3) is 0.632. The SMILES string of the molecule is CC(=O)C(C)NC(=O)[C@@H]1CC[C@H]1c1nc2c(cnn2C2CCOCC2)c(=O)[nH]1. The number of hydrogen-bond donors (Lipinski definition) is 2. The van der Waals surface area contributed by atoms with Gasteiger partial charge in [0, 0.05) is 25.0 Å². The minimum absolute atomic E-state index is 0.0856. The van der Waals surface area contributed by atoms with E-state index in [0.29, 0.717) is 36.5 Å². The molecule has 0 spiro atoms. The van der Waals surface area contributed by atoms with E-state index in [4.69, 9.17) is 9.72 Å². The van der Waals surface area contributed by atoms with E-state index in [1.165, 1.54) is 6.92 Å². The molecule has 2 N–H and O–H groups in total. The molecule has 1 saturated heterocycles. The fourth-order valence-electron chi connectivity index (χ4n) is 3.89. The van der Waals surface area contributed by atoms with Gasteiger partial charge in [-0.3, -0.25) is 14.4 Å². The maximum Gasteiger partial charge on any atom is 0.262 e. The fourth-order valence-corrected chi connectivity index (χ4v) is 3.89. The van der Waals surface area contributed by atoms with Crippen LogP contribution in [0, 0.1) is 5.92 Å². The number of Topliss-reactive ketones (excluding diaryl/α,β-unsaturated/α-hetero) is 1. The summed E-state index contributed by atoms with van der Waals surface area (Å²) in [4.78, 5) is 44.0. The number of aromatic nitrogens is 4. The number of ether oxygens (including phenoxy) is 1. The van der Waals surface area contributed by atoms with Gasteiger partial charge < -0.3 is 15.0 Å². The van der Waals surface area contributed by atoms with Crippen LogP contribution in [-0.4, -0.2) is 50.7 Å². The molecule has 1 saturated carbocycles. The topological polar surface area (TPSA) is 119 Å². The number of hydrogen-bond acceptors (Lipinski definition) is 6. The smallest absolute Gasteiger partial charge is 0.262 e. The van der Waals surface area contributed by atoms with Crippen LogP contribution in [0.5, 0.6) is 0 Å². The Labute approximate surface area is 161 Å². The minimum Gasteiger partial charge on any atom is -0.381 e. The quantitative estimate of drug-likeness (QED) is 0.792. The summed E-state index contributed by atoms with van der Waals surface area (Å²) in [7, 11) is 0. The van der Waals surface area contributed by atoms with E-state index < -0.39 is 6.04 Å². The highest BCUT2D eigenvalue weighted by Crippen LogP contribution is 2.41. The summed E-state index contributed by atoms with van der Waals surface area (Å²) in [6, 6.07) is -0.358. The maximum atomic E-state index is 12.6. The Morgan fingerprint density at radius 3 is 2.68 bits per heavy atom. The zero-order valence-corrected chi connectivity index (χ0v) is 16.1. The summed E-state index contributed by atoms with van der Waals surface area (Å²) in [5.41, 5.74) is 0.329. The molecule has 3 heterocycles. The van der Waals surface area contributed by atoms with Crippen LogP contribution in [0.25, 0.3) is 11.0 Å². The van der Waals surface area contributed by atoms with Gasteiger partial charge >= 0.3 is 0 Å². The Morgan fingerprint density at radius 1 is 1.29 bits per heavy atom. The van der Waals surface area contributed by atoms with Crippen molar-refractivity contribution in [1.82, 2.24) is 25.1 Å². The van der Waals surface area contributed by atoms with E-state index in [0.717, 1.165) is 19.3 Å². The monoisotopic (exact) mass is 387 g/mol. The Morgan fingerprint density at radius 2 is 2.04 bits per heavy atom.